The molecule has 1 aliphatic carbocycles. The molecule has 3 heterocycles. The van der Waals surface area contributed by atoms with Gasteiger partial charge in [-0.1, -0.05) is 0 Å². The number of piperidine rings is 1. The Morgan fingerprint density at radius 2 is 2.00 bits per heavy atom. The largest absolute Gasteiger partial charge is 0.338 e. The quantitative estimate of drug-likeness (QED) is 0.704. The first-order valence-corrected chi connectivity index (χ1v) is 9.66. The van der Waals surface area contributed by atoms with Crippen LogP contribution >= 0.6 is 0 Å². The smallest absolute Gasteiger partial charge is 0.254 e. The van der Waals surface area contributed by atoms with Crippen molar-refractivity contribution in [3.8, 4) is 0 Å². The first kappa shape index (κ1) is 17.0. The molecule has 1 spiro atoms. The number of nitrogens with one attached hydrogen (secondary N) is 1. The Labute approximate surface area is 161 Å². The van der Waals surface area contributed by atoms with Gasteiger partial charge in [0.2, 0.25) is 0 Å². The molecule has 1 saturated heterocycles. The van der Waals surface area contributed by atoms with Crippen molar-refractivity contribution >= 4 is 16.9 Å². The summed E-state index contributed by atoms with van der Waals surface area (Å²) < 4.78 is 0. The molecule has 5 rings (SSSR count). The maximum atomic E-state index is 13.2. The number of aromatic nitrogens is 4. The van der Waals surface area contributed by atoms with E-state index in [9.17, 15) is 9.59 Å². The summed E-state index contributed by atoms with van der Waals surface area (Å²) in [5.74, 6) is 0.642. The average Bonchev–Trinajstić information content (AvgIpc) is 3.05. The van der Waals surface area contributed by atoms with E-state index in [0.717, 1.165) is 54.5 Å². The van der Waals surface area contributed by atoms with Gasteiger partial charge in [0.25, 0.3) is 11.5 Å². The number of carbonyl (C=O) groups excluding carboxylic acids is 1. The van der Waals surface area contributed by atoms with Crippen LogP contribution in [0.2, 0.25) is 0 Å². The topological polar surface area (TPSA) is 91.8 Å². The number of amides is 1. The molecule has 1 N–H and O–H groups in total. The van der Waals surface area contributed by atoms with Crippen molar-refractivity contribution in [2.45, 2.75) is 38.0 Å². The number of nitrogens with zero attached hydrogens (tertiary/aromatic N) is 4. The zero-order valence-corrected chi connectivity index (χ0v) is 15.7. The number of hydrogen-bond donors (Lipinski definition) is 1. The van der Waals surface area contributed by atoms with Crippen LogP contribution in [-0.4, -0.2) is 43.8 Å². The fourth-order valence-corrected chi connectivity index (χ4v) is 4.75. The maximum Gasteiger partial charge on any atom is 0.254 e. The molecule has 3 aromatic rings. The SMILES string of the molecule is Cc1nc2c(c(=O)[nH]1)CCC21CCCN(C(=O)c2ccc3nccnc3c2)C1. The average molecular weight is 375 g/mol. The number of aromatic amines is 1. The molecule has 1 amide bonds. The highest BCUT2D eigenvalue weighted by molar-refractivity contribution is 5.97. The molecule has 0 bridgehead atoms. The van der Waals surface area contributed by atoms with Crippen molar-refractivity contribution in [2.75, 3.05) is 13.1 Å². The van der Waals surface area contributed by atoms with Crippen molar-refractivity contribution in [1.29, 1.82) is 0 Å². The molecule has 0 radical (unpaired) electrons. The van der Waals surface area contributed by atoms with Crippen LogP contribution < -0.4 is 5.56 Å². The highest BCUT2D eigenvalue weighted by Gasteiger charge is 2.45. The van der Waals surface area contributed by atoms with Crippen LogP contribution in [0.4, 0.5) is 0 Å². The van der Waals surface area contributed by atoms with Gasteiger partial charge in [-0.15, -0.1) is 0 Å². The van der Waals surface area contributed by atoms with Crippen LogP contribution in [-0.2, 0) is 11.8 Å². The Bertz CT molecular complexity index is 1150. The van der Waals surface area contributed by atoms with Gasteiger partial charge in [-0.3, -0.25) is 19.6 Å². The number of aryl methyl sites for hydroxylation is 1. The summed E-state index contributed by atoms with van der Waals surface area (Å²) in [6.07, 6.45) is 6.75. The normalized spacial score (nSPS) is 21.2. The zero-order valence-electron chi connectivity index (χ0n) is 15.7. The lowest BCUT2D eigenvalue weighted by atomic mass is 9.77. The van der Waals surface area contributed by atoms with E-state index < -0.39 is 0 Å². The van der Waals surface area contributed by atoms with Gasteiger partial charge in [-0.05, 0) is 50.8 Å². The summed E-state index contributed by atoms with van der Waals surface area (Å²) in [4.78, 5) is 43.5. The van der Waals surface area contributed by atoms with Gasteiger partial charge in [0.1, 0.15) is 5.82 Å². The second-order valence-electron chi connectivity index (χ2n) is 7.85. The molecular weight excluding hydrogens is 354 g/mol. The summed E-state index contributed by atoms with van der Waals surface area (Å²) >= 11 is 0. The van der Waals surface area contributed by atoms with Gasteiger partial charge in [0, 0.05) is 42.0 Å². The van der Waals surface area contributed by atoms with E-state index in [1.165, 1.54) is 0 Å². The van der Waals surface area contributed by atoms with Gasteiger partial charge < -0.3 is 9.88 Å². The summed E-state index contributed by atoms with van der Waals surface area (Å²) in [6.45, 7) is 3.14. The van der Waals surface area contributed by atoms with Crippen LogP contribution in [0.25, 0.3) is 11.0 Å². The van der Waals surface area contributed by atoms with E-state index in [1.54, 1.807) is 12.4 Å². The third-order valence-corrected chi connectivity index (χ3v) is 6.07. The molecular formula is C21H21N5O2. The molecule has 1 aromatic carbocycles. The van der Waals surface area contributed by atoms with Crippen molar-refractivity contribution in [3.63, 3.8) is 0 Å². The number of rotatable bonds is 1. The van der Waals surface area contributed by atoms with Crippen molar-refractivity contribution in [1.82, 2.24) is 24.8 Å². The molecule has 1 unspecified atom stereocenters. The van der Waals surface area contributed by atoms with E-state index in [0.29, 0.717) is 17.9 Å². The molecule has 142 valence electrons. The van der Waals surface area contributed by atoms with Crippen molar-refractivity contribution in [2.24, 2.45) is 0 Å². The van der Waals surface area contributed by atoms with Gasteiger partial charge in [-0.25, -0.2) is 4.98 Å². The van der Waals surface area contributed by atoms with Crippen LogP contribution in [0.15, 0.2) is 35.4 Å². The summed E-state index contributed by atoms with van der Waals surface area (Å²) in [7, 11) is 0. The Balaban J connectivity index is 1.48. The third kappa shape index (κ3) is 2.61. The van der Waals surface area contributed by atoms with Gasteiger partial charge in [0.05, 0.1) is 16.7 Å². The van der Waals surface area contributed by atoms with Crippen LogP contribution in [0.1, 0.15) is 46.7 Å². The fraction of sp³-hybridized carbons (Fsp3) is 0.381. The minimum atomic E-state index is -0.209. The first-order valence-electron chi connectivity index (χ1n) is 9.66. The number of carbonyl (C=O) groups is 1. The van der Waals surface area contributed by atoms with Crippen LogP contribution in [0.3, 0.4) is 0 Å². The molecule has 1 fully saturated rings. The van der Waals surface area contributed by atoms with E-state index in [2.05, 4.69) is 19.9 Å². The number of benzene rings is 1. The first-order chi connectivity index (χ1) is 13.6. The van der Waals surface area contributed by atoms with Crippen molar-refractivity contribution in [3.05, 3.63) is 63.6 Å². The molecule has 1 aliphatic heterocycles. The minimum Gasteiger partial charge on any atom is -0.338 e. The Kier molecular flexibility index (Phi) is 3.79. The van der Waals surface area contributed by atoms with E-state index in [4.69, 9.17) is 0 Å². The molecule has 28 heavy (non-hydrogen) atoms. The van der Waals surface area contributed by atoms with E-state index >= 15 is 0 Å². The number of likely N-dealkylation sites (tertiary alicyclic amines) is 1. The molecule has 1 atom stereocenters. The number of hydrogen-bond acceptors (Lipinski definition) is 5. The lowest BCUT2D eigenvalue weighted by molar-refractivity contribution is 0.0633. The van der Waals surface area contributed by atoms with E-state index in [1.807, 2.05) is 30.0 Å². The highest BCUT2D eigenvalue weighted by atomic mass is 16.2. The van der Waals surface area contributed by atoms with Crippen LogP contribution in [0, 0.1) is 6.92 Å². The molecule has 7 heteroatoms. The highest BCUT2D eigenvalue weighted by Crippen LogP contribution is 2.43. The van der Waals surface area contributed by atoms with Crippen molar-refractivity contribution < 1.29 is 4.79 Å². The maximum absolute atomic E-state index is 13.2. The fourth-order valence-electron chi connectivity index (χ4n) is 4.75. The Hall–Kier alpha value is -3.09. The Morgan fingerprint density at radius 1 is 1.18 bits per heavy atom. The monoisotopic (exact) mass is 375 g/mol. The van der Waals surface area contributed by atoms with Gasteiger partial charge in [-0.2, -0.15) is 0 Å². The lowest BCUT2D eigenvalue weighted by Crippen LogP contribution is -2.48. The molecule has 0 saturated carbocycles. The summed E-state index contributed by atoms with van der Waals surface area (Å²) in [5.41, 5.74) is 3.57. The predicted octanol–water partition coefficient (Wildman–Crippen LogP) is 2.14. The van der Waals surface area contributed by atoms with Gasteiger partial charge >= 0.3 is 0 Å². The number of fused-ring (bicyclic) bond motifs is 3. The second-order valence-corrected chi connectivity index (χ2v) is 7.85. The third-order valence-electron chi connectivity index (χ3n) is 6.07. The predicted molar refractivity (Wildman–Crippen MR) is 104 cm³/mol. The Morgan fingerprint density at radius 3 is 2.86 bits per heavy atom. The van der Waals surface area contributed by atoms with E-state index in [-0.39, 0.29) is 16.9 Å². The standard InChI is InChI=1S/C21H21N5O2/c1-13-24-18-15(19(27)25-13)5-7-21(18)6-2-10-26(12-21)20(28)14-3-4-16-17(11-14)23-9-8-22-16/h3-4,8-9,11H,2,5-7,10,12H2,1H3,(H,24,25,27). The van der Waals surface area contributed by atoms with Gasteiger partial charge in [0.15, 0.2) is 0 Å². The molecule has 7 nitrogen and oxygen atoms in total. The lowest BCUT2D eigenvalue weighted by Gasteiger charge is -2.40. The minimum absolute atomic E-state index is 0.00152. The summed E-state index contributed by atoms with van der Waals surface area (Å²) in [5, 5.41) is 0. The molecule has 2 aromatic heterocycles. The second kappa shape index (κ2) is 6.22. The zero-order chi connectivity index (χ0) is 19.3. The number of H-pyrrole nitrogens is 1. The summed E-state index contributed by atoms with van der Waals surface area (Å²) in [6, 6.07) is 5.46. The molecule has 2 aliphatic rings. The van der Waals surface area contributed by atoms with Crippen LogP contribution in [0.5, 0.6) is 0 Å².